The number of urea groups is 1. The van der Waals surface area contributed by atoms with Gasteiger partial charge in [-0.25, -0.2) is 4.79 Å². The molecule has 0 unspecified atom stereocenters. The van der Waals surface area contributed by atoms with E-state index < -0.39 is 5.54 Å². The number of amides is 3. The molecule has 0 aromatic rings. The highest BCUT2D eigenvalue weighted by molar-refractivity contribution is 6.07. The van der Waals surface area contributed by atoms with Gasteiger partial charge in [-0.2, -0.15) is 0 Å². The number of rotatable bonds is 6. The predicted molar refractivity (Wildman–Crippen MR) is 76.2 cm³/mol. The first-order valence-electron chi connectivity index (χ1n) is 7.84. The van der Waals surface area contributed by atoms with Crippen molar-refractivity contribution in [3.05, 3.63) is 0 Å². The van der Waals surface area contributed by atoms with Crippen molar-refractivity contribution in [3.8, 4) is 0 Å². The number of imide groups is 1. The number of carbonyl (C=O) groups excluding carboxylic acids is 2. The molecule has 1 saturated carbocycles. The fourth-order valence-corrected chi connectivity index (χ4v) is 3.21. The van der Waals surface area contributed by atoms with E-state index in [1.165, 1.54) is 4.90 Å². The van der Waals surface area contributed by atoms with Gasteiger partial charge in [-0.05, 0) is 44.4 Å². The average Bonchev–Trinajstić information content (AvgIpc) is 2.66. The van der Waals surface area contributed by atoms with Crippen molar-refractivity contribution < 1.29 is 14.7 Å². The van der Waals surface area contributed by atoms with Crippen molar-refractivity contribution in [2.24, 2.45) is 5.92 Å². The van der Waals surface area contributed by atoms with Crippen LogP contribution in [0.15, 0.2) is 0 Å². The smallest absolute Gasteiger partial charge is 0.325 e. The van der Waals surface area contributed by atoms with Crippen molar-refractivity contribution >= 4 is 11.9 Å². The van der Waals surface area contributed by atoms with Crippen molar-refractivity contribution in [3.63, 3.8) is 0 Å². The van der Waals surface area contributed by atoms with Crippen molar-refractivity contribution in [2.75, 3.05) is 13.2 Å². The minimum atomic E-state index is -0.602. The highest BCUT2D eigenvalue weighted by atomic mass is 16.3. The van der Waals surface area contributed by atoms with Crippen LogP contribution >= 0.6 is 0 Å². The highest BCUT2D eigenvalue weighted by Gasteiger charge is 2.51. The van der Waals surface area contributed by atoms with E-state index in [1.54, 1.807) is 0 Å². The monoisotopic (exact) mass is 282 g/mol. The van der Waals surface area contributed by atoms with Crippen LogP contribution in [0.25, 0.3) is 0 Å². The fourth-order valence-electron chi connectivity index (χ4n) is 3.21. The molecular weight excluding hydrogens is 256 g/mol. The van der Waals surface area contributed by atoms with Crippen molar-refractivity contribution in [1.82, 2.24) is 10.2 Å². The molecule has 0 radical (unpaired) electrons. The van der Waals surface area contributed by atoms with Gasteiger partial charge in [0.15, 0.2) is 0 Å². The lowest BCUT2D eigenvalue weighted by molar-refractivity contribution is -0.132. The van der Waals surface area contributed by atoms with Gasteiger partial charge in [0.25, 0.3) is 5.91 Å². The first kappa shape index (κ1) is 15.3. The number of hydrogen-bond donors (Lipinski definition) is 2. The Labute approximate surface area is 120 Å². The average molecular weight is 282 g/mol. The zero-order valence-electron chi connectivity index (χ0n) is 12.4. The third-order valence-corrected chi connectivity index (χ3v) is 4.66. The molecule has 1 aliphatic heterocycles. The minimum Gasteiger partial charge on any atom is -0.396 e. The molecule has 5 heteroatoms. The van der Waals surface area contributed by atoms with Crippen LogP contribution in [-0.2, 0) is 4.79 Å². The Morgan fingerprint density at radius 1 is 1.20 bits per heavy atom. The summed E-state index contributed by atoms with van der Waals surface area (Å²) in [6.07, 6.45) is 7.09. The SMILES string of the molecule is CC1CCC2(CC1)NC(=O)N(CCCCCCO)C2=O. The third kappa shape index (κ3) is 3.14. The summed E-state index contributed by atoms with van der Waals surface area (Å²) in [7, 11) is 0. The minimum absolute atomic E-state index is 0.0171. The molecule has 1 saturated heterocycles. The summed E-state index contributed by atoms with van der Waals surface area (Å²) in [5.41, 5.74) is -0.602. The summed E-state index contributed by atoms with van der Waals surface area (Å²) < 4.78 is 0. The summed E-state index contributed by atoms with van der Waals surface area (Å²) in [6.45, 7) is 2.92. The molecule has 1 heterocycles. The summed E-state index contributed by atoms with van der Waals surface area (Å²) in [5.74, 6) is 0.634. The van der Waals surface area contributed by atoms with Crippen LogP contribution in [0.3, 0.4) is 0 Å². The molecule has 0 bridgehead atoms. The molecule has 2 rings (SSSR count). The maximum absolute atomic E-state index is 12.5. The lowest BCUT2D eigenvalue weighted by atomic mass is 9.77. The van der Waals surface area contributed by atoms with Gasteiger partial charge in [0.1, 0.15) is 5.54 Å². The molecule has 20 heavy (non-hydrogen) atoms. The molecule has 2 N–H and O–H groups in total. The summed E-state index contributed by atoms with van der Waals surface area (Å²) in [4.78, 5) is 25.9. The first-order chi connectivity index (χ1) is 9.59. The molecule has 5 nitrogen and oxygen atoms in total. The molecule has 0 aromatic heterocycles. The van der Waals surface area contributed by atoms with E-state index >= 15 is 0 Å². The van der Waals surface area contributed by atoms with Crippen LogP contribution in [0.2, 0.25) is 0 Å². The molecule has 1 aliphatic carbocycles. The van der Waals surface area contributed by atoms with Gasteiger partial charge >= 0.3 is 6.03 Å². The normalized spacial score (nSPS) is 30.1. The molecule has 0 atom stereocenters. The van der Waals surface area contributed by atoms with Gasteiger partial charge in [-0.3, -0.25) is 9.69 Å². The Morgan fingerprint density at radius 3 is 2.50 bits per heavy atom. The van der Waals surface area contributed by atoms with Crippen molar-refractivity contribution in [2.45, 2.75) is 63.8 Å². The Hall–Kier alpha value is -1.10. The topological polar surface area (TPSA) is 69.6 Å². The van der Waals surface area contributed by atoms with Crippen LogP contribution in [-0.4, -0.2) is 40.6 Å². The van der Waals surface area contributed by atoms with Gasteiger partial charge in [0.05, 0.1) is 0 Å². The van der Waals surface area contributed by atoms with Crippen LogP contribution < -0.4 is 5.32 Å². The van der Waals surface area contributed by atoms with E-state index in [1.807, 2.05) is 0 Å². The zero-order valence-corrected chi connectivity index (χ0v) is 12.4. The summed E-state index contributed by atoms with van der Waals surface area (Å²) in [6, 6.07) is -0.216. The van der Waals surface area contributed by atoms with Gasteiger partial charge in [-0.1, -0.05) is 19.8 Å². The van der Waals surface area contributed by atoms with Gasteiger partial charge in [0.2, 0.25) is 0 Å². The van der Waals surface area contributed by atoms with Gasteiger partial charge in [0, 0.05) is 13.2 Å². The quantitative estimate of drug-likeness (QED) is 0.578. The highest BCUT2D eigenvalue weighted by Crippen LogP contribution is 2.36. The van der Waals surface area contributed by atoms with E-state index in [4.69, 9.17) is 5.11 Å². The van der Waals surface area contributed by atoms with E-state index in [0.717, 1.165) is 51.4 Å². The van der Waals surface area contributed by atoms with E-state index in [9.17, 15) is 9.59 Å². The number of unbranched alkanes of at least 4 members (excludes halogenated alkanes) is 3. The molecule has 114 valence electrons. The second-order valence-electron chi connectivity index (χ2n) is 6.29. The van der Waals surface area contributed by atoms with E-state index in [-0.39, 0.29) is 18.5 Å². The predicted octanol–water partition coefficient (Wildman–Crippen LogP) is 2.04. The number of nitrogens with zero attached hydrogens (tertiary/aromatic N) is 1. The van der Waals surface area contributed by atoms with Crippen LogP contribution in [0.4, 0.5) is 4.79 Å². The third-order valence-electron chi connectivity index (χ3n) is 4.66. The fraction of sp³-hybridized carbons (Fsp3) is 0.867. The molecular formula is C15H26N2O3. The maximum Gasteiger partial charge on any atom is 0.325 e. The Kier molecular flexibility index (Phi) is 5.02. The number of aliphatic hydroxyl groups is 1. The van der Waals surface area contributed by atoms with Crippen LogP contribution in [0, 0.1) is 5.92 Å². The van der Waals surface area contributed by atoms with Gasteiger partial charge in [-0.15, -0.1) is 0 Å². The number of aliphatic hydroxyl groups excluding tert-OH is 1. The first-order valence-corrected chi connectivity index (χ1v) is 7.84. The molecule has 2 fully saturated rings. The van der Waals surface area contributed by atoms with E-state index in [0.29, 0.717) is 12.5 Å². The molecule has 2 aliphatic rings. The summed E-state index contributed by atoms with van der Waals surface area (Å²) in [5, 5.41) is 11.7. The largest absolute Gasteiger partial charge is 0.396 e. The second-order valence-corrected chi connectivity index (χ2v) is 6.29. The number of carbonyl (C=O) groups is 2. The number of nitrogens with one attached hydrogen (secondary N) is 1. The second kappa shape index (κ2) is 6.57. The maximum atomic E-state index is 12.5. The number of hydrogen-bond acceptors (Lipinski definition) is 3. The van der Waals surface area contributed by atoms with Gasteiger partial charge < -0.3 is 10.4 Å². The Balaban J connectivity index is 1.85. The summed E-state index contributed by atoms with van der Waals surface area (Å²) >= 11 is 0. The van der Waals surface area contributed by atoms with Crippen LogP contribution in [0.5, 0.6) is 0 Å². The molecule has 3 amide bonds. The lowest BCUT2D eigenvalue weighted by Crippen LogP contribution is -2.49. The van der Waals surface area contributed by atoms with Crippen molar-refractivity contribution in [1.29, 1.82) is 0 Å². The zero-order chi connectivity index (χ0) is 14.6. The molecule has 1 spiro atoms. The van der Waals surface area contributed by atoms with E-state index in [2.05, 4.69) is 12.2 Å². The Morgan fingerprint density at radius 2 is 1.85 bits per heavy atom. The lowest BCUT2D eigenvalue weighted by Gasteiger charge is -2.33. The van der Waals surface area contributed by atoms with Crippen LogP contribution in [0.1, 0.15) is 58.3 Å². The molecule has 0 aromatic carbocycles. The Bertz CT molecular complexity index is 362. The standard InChI is InChI=1S/C15H26N2O3/c1-12-6-8-15(9-7-12)13(19)17(14(20)16-15)10-4-2-3-5-11-18/h12,18H,2-11H2,1H3,(H,16,20).